The molecule has 110 valence electrons. The number of ether oxygens (including phenoxy) is 1. The first-order valence-corrected chi connectivity index (χ1v) is 7.57. The minimum atomic E-state index is -0.230. The van der Waals surface area contributed by atoms with Crippen molar-refractivity contribution >= 4 is 11.8 Å². The number of fused-ring (bicyclic) bond motifs is 2. The SMILES string of the molecule is C=CC[C@@H]1C(=O)C2CCC1C2C(=O)OCc1ccccc1. The van der Waals surface area contributed by atoms with Gasteiger partial charge in [0.2, 0.25) is 0 Å². The minimum absolute atomic E-state index is 0.0180. The largest absolute Gasteiger partial charge is 0.461 e. The lowest BCUT2D eigenvalue weighted by atomic mass is 9.85. The predicted octanol–water partition coefficient (Wildman–Crippen LogP) is 3.15. The molecule has 3 heteroatoms. The highest BCUT2D eigenvalue weighted by atomic mass is 16.5. The van der Waals surface area contributed by atoms with Crippen molar-refractivity contribution in [2.75, 3.05) is 0 Å². The number of Topliss-reactive ketones (excluding diaryl/α,β-unsaturated/α-hetero) is 1. The van der Waals surface area contributed by atoms with Gasteiger partial charge in [0.25, 0.3) is 0 Å². The van der Waals surface area contributed by atoms with Crippen molar-refractivity contribution in [1.29, 1.82) is 0 Å². The second-order valence-electron chi connectivity index (χ2n) is 6.00. The van der Waals surface area contributed by atoms with Crippen LogP contribution in [0.2, 0.25) is 0 Å². The molecule has 2 bridgehead atoms. The first-order chi connectivity index (χ1) is 10.2. The summed E-state index contributed by atoms with van der Waals surface area (Å²) in [5, 5.41) is 0. The molecule has 0 spiro atoms. The molecule has 1 aromatic rings. The van der Waals surface area contributed by atoms with Crippen molar-refractivity contribution < 1.29 is 14.3 Å². The van der Waals surface area contributed by atoms with E-state index in [1.54, 1.807) is 6.08 Å². The number of rotatable bonds is 5. The molecule has 3 nitrogen and oxygen atoms in total. The van der Waals surface area contributed by atoms with E-state index in [2.05, 4.69) is 6.58 Å². The zero-order chi connectivity index (χ0) is 14.8. The van der Waals surface area contributed by atoms with Crippen molar-refractivity contribution in [1.82, 2.24) is 0 Å². The standard InChI is InChI=1S/C18H20O3/c1-2-6-14-13-9-10-15(17(14)19)16(13)18(20)21-11-12-7-4-3-5-8-12/h2-5,7-8,13-16H,1,6,9-11H2/t13?,14-,15?,16?/m0/s1. The fraction of sp³-hybridized carbons (Fsp3) is 0.444. The third-order valence-corrected chi connectivity index (χ3v) is 4.87. The van der Waals surface area contributed by atoms with E-state index in [1.807, 2.05) is 30.3 Å². The molecular weight excluding hydrogens is 264 g/mol. The monoisotopic (exact) mass is 284 g/mol. The fourth-order valence-corrected chi connectivity index (χ4v) is 3.92. The van der Waals surface area contributed by atoms with Crippen molar-refractivity contribution in [2.45, 2.75) is 25.9 Å². The van der Waals surface area contributed by atoms with E-state index in [0.717, 1.165) is 18.4 Å². The van der Waals surface area contributed by atoms with E-state index in [4.69, 9.17) is 4.74 Å². The molecule has 0 amide bonds. The van der Waals surface area contributed by atoms with Crippen LogP contribution in [0.3, 0.4) is 0 Å². The van der Waals surface area contributed by atoms with Crippen LogP contribution in [0.5, 0.6) is 0 Å². The average molecular weight is 284 g/mol. The molecule has 2 aliphatic carbocycles. The summed E-state index contributed by atoms with van der Waals surface area (Å²) in [7, 11) is 0. The lowest BCUT2D eigenvalue weighted by Gasteiger charge is -2.19. The summed E-state index contributed by atoms with van der Waals surface area (Å²) in [5.41, 5.74) is 0.977. The minimum Gasteiger partial charge on any atom is -0.461 e. The Morgan fingerprint density at radius 1 is 1.29 bits per heavy atom. The Morgan fingerprint density at radius 3 is 2.76 bits per heavy atom. The average Bonchev–Trinajstić information content (AvgIpc) is 3.04. The number of esters is 1. The van der Waals surface area contributed by atoms with Gasteiger partial charge in [-0.25, -0.2) is 0 Å². The van der Waals surface area contributed by atoms with E-state index in [9.17, 15) is 9.59 Å². The second kappa shape index (κ2) is 5.84. The summed E-state index contributed by atoms with van der Waals surface area (Å²) < 4.78 is 5.45. The summed E-state index contributed by atoms with van der Waals surface area (Å²) in [6, 6.07) is 9.64. The number of hydrogen-bond acceptors (Lipinski definition) is 3. The first-order valence-electron chi connectivity index (χ1n) is 7.57. The molecule has 2 saturated carbocycles. The number of carbonyl (C=O) groups excluding carboxylic acids is 2. The van der Waals surface area contributed by atoms with Gasteiger partial charge in [0, 0.05) is 11.8 Å². The van der Waals surface area contributed by atoms with Crippen LogP contribution in [0.1, 0.15) is 24.8 Å². The molecule has 1 aromatic carbocycles. The molecule has 2 fully saturated rings. The van der Waals surface area contributed by atoms with Gasteiger partial charge in [0.15, 0.2) is 0 Å². The third kappa shape index (κ3) is 2.53. The topological polar surface area (TPSA) is 43.4 Å². The second-order valence-corrected chi connectivity index (χ2v) is 6.00. The van der Waals surface area contributed by atoms with Crippen molar-refractivity contribution in [3.05, 3.63) is 48.6 Å². The molecule has 0 N–H and O–H groups in total. The Balaban J connectivity index is 1.65. The molecule has 3 rings (SSSR count). The van der Waals surface area contributed by atoms with Crippen LogP contribution in [0.15, 0.2) is 43.0 Å². The zero-order valence-electron chi connectivity index (χ0n) is 12.0. The van der Waals surface area contributed by atoms with Crippen molar-refractivity contribution in [2.24, 2.45) is 23.7 Å². The lowest BCUT2D eigenvalue weighted by molar-refractivity contribution is -0.152. The fourth-order valence-electron chi connectivity index (χ4n) is 3.92. The Kier molecular flexibility index (Phi) is 3.91. The van der Waals surface area contributed by atoms with Crippen molar-refractivity contribution in [3.63, 3.8) is 0 Å². The van der Waals surface area contributed by atoms with Gasteiger partial charge < -0.3 is 4.74 Å². The van der Waals surface area contributed by atoms with Gasteiger partial charge in [-0.1, -0.05) is 36.4 Å². The quantitative estimate of drug-likeness (QED) is 0.616. The summed E-state index contributed by atoms with van der Waals surface area (Å²) in [4.78, 5) is 24.7. The number of ketones is 1. The highest BCUT2D eigenvalue weighted by Gasteiger charge is 2.56. The number of allylic oxidation sites excluding steroid dienone is 1. The van der Waals surface area contributed by atoms with E-state index in [1.165, 1.54) is 0 Å². The molecular formula is C18H20O3. The summed E-state index contributed by atoms with van der Waals surface area (Å²) in [6.45, 7) is 4.01. The highest BCUT2D eigenvalue weighted by Crippen LogP contribution is 2.52. The van der Waals surface area contributed by atoms with Crippen LogP contribution in [-0.2, 0) is 20.9 Å². The van der Waals surface area contributed by atoms with E-state index >= 15 is 0 Å². The summed E-state index contributed by atoms with van der Waals surface area (Å²) in [6.07, 6.45) is 4.26. The van der Waals surface area contributed by atoms with Gasteiger partial charge in [-0.2, -0.15) is 0 Å². The normalized spacial score (nSPS) is 30.4. The molecule has 2 aliphatic rings. The maximum Gasteiger partial charge on any atom is 0.310 e. The number of carbonyl (C=O) groups is 2. The van der Waals surface area contributed by atoms with Gasteiger partial charge in [-0.3, -0.25) is 9.59 Å². The van der Waals surface area contributed by atoms with Crippen LogP contribution in [-0.4, -0.2) is 11.8 Å². The van der Waals surface area contributed by atoms with E-state index in [0.29, 0.717) is 6.42 Å². The molecule has 0 saturated heterocycles. The van der Waals surface area contributed by atoms with Crippen LogP contribution < -0.4 is 0 Å². The molecule has 0 heterocycles. The smallest absolute Gasteiger partial charge is 0.310 e. The summed E-state index contributed by atoms with van der Waals surface area (Å²) >= 11 is 0. The van der Waals surface area contributed by atoms with Crippen LogP contribution in [0.25, 0.3) is 0 Å². The van der Waals surface area contributed by atoms with Gasteiger partial charge in [-0.05, 0) is 30.7 Å². The van der Waals surface area contributed by atoms with Gasteiger partial charge in [-0.15, -0.1) is 6.58 Å². The Hall–Kier alpha value is -1.90. The zero-order valence-corrected chi connectivity index (χ0v) is 12.0. The summed E-state index contributed by atoms with van der Waals surface area (Å²) in [5.74, 6) is -0.173. The number of benzene rings is 1. The highest BCUT2D eigenvalue weighted by molar-refractivity contribution is 5.93. The Labute approximate surface area is 125 Å². The molecule has 3 unspecified atom stereocenters. The molecule has 0 aliphatic heterocycles. The maximum absolute atomic E-state index is 12.4. The van der Waals surface area contributed by atoms with Crippen LogP contribution in [0, 0.1) is 23.7 Å². The molecule has 21 heavy (non-hydrogen) atoms. The Bertz CT molecular complexity index is 549. The van der Waals surface area contributed by atoms with E-state index < -0.39 is 0 Å². The van der Waals surface area contributed by atoms with Gasteiger partial charge in [0.1, 0.15) is 12.4 Å². The first kappa shape index (κ1) is 14.1. The maximum atomic E-state index is 12.4. The molecule has 4 atom stereocenters. The molecule has 0 aromatic heterocycles. The third-order valence-electron chi connectivity index (χ3n) is 4.87. The van der Waals surface area contributed by atoms with Crippen LogP contribution >= 0.6 is 0 Å². The Morgan fingerprint density at radius 2 is 2.05 bits per heavy atom. The van der Waals surface area contributed by atoms with E-state index in [-0.39, 0.29) is 42.0 Å². The van der Waals surface area contributed by atoms with Gasteiger partial charge >= 0.3 is 5.97 Å². The number of hydrogen-bond donors (Lipinski definition) is 0. The van der Waals surface area contributed by atoms with Crippen LogP contribution in [0.4, 0.5) is 0 Å². The lowest BCUT2D eigenvalue weighted by Crippen LogP contribution is -2.23. The molecule has 0 radical (unpaired) electrons. The predicted molar refractivity (Wildman–Crippen MR) is 79.3 cm³/mol. The van der Waals surface area contributed by atoms with Gasteiger partial charge in [0.05, 0.1) is 5.92 Å². The van der Waals surface area contributed by atoms with Crippen molar-refractivity contribution in [3.8, 4) is 0 Å².